The molecule has 0 fully saturated rings. The topological polar surface area (TPSA) is 37.3 Å². The van der Waals surface area contributed by atoms with Crippen LogP contribution in [-0.4, -0.2) is 11.1 Å². The highest BCUT2D eigenvalue weighted by Crippen LogP contribution is 2.36. The Balaban J connectivity index is 2.38. The van der Waals surface area contributed by atoms with Gasteiger partial charge in [0.15, 0.2) is 0 Å². The van der Waals surface area contributed by atoms with Crippen LogP contribution >= 0.6 is 11.3 Å². The molecule has 3 heteroatoms. The van der Waals surface area contributed by atoms with E-state index in [1.54, 1.807) is 11.3 Å². The van der Waals surface area contributed by atoms with Crippen molar-refractivity contribution in [2.45, 2.75) is 18.8 Å². The van der Waals surface area contributed by atoms with Crippen LogP contribution in [0.3, 0.4) is 0 Å². The lowest BCUT2D eigenvalue weighted by atomic mass is 10.1. The summed E-state index contributed by atoms with van der Waals surface area (Å²) in [4.78, 5) is 11.7. The monoisotopic (exact) mass is 168 g/mol. The van der Waals surface area contributed by atoms with Gasteiger partial charge in [-0.1, -0.05) is 0 Å². The number of aryl methyl sites for hydroxylation is 1. The third-order valence-corrected chi connectivity index (χ3v) is 3.17. The maximum absolute atomic E-state index is 10.7. The van der Waals surface area contributed by atoms with Crippen molar-refractivity contribution in [3.63, 3.8) is 0 Å². The number of hydrogen-bond donors (Lipinski definition) is 1. The van der Waals surface area contributed by atoms with E-state index in [1.165, 1.54) is 5.56 Å². The Bertz CT molecular complexity index is 290. The quantitative estimate of drug-likeness (QED) is 0.695. The zero-order chi connectivity index (χ0) is 7.84. The summed E-state index contributed by atoms with van der Waals surface area (Å²) in [6, 6.07) is 2.03. The molecule has 11 heavy (non-hydrogen) atoms. The Hall–Kier alpha value is -0.830. The van der Waals surface area contributed by atoms with Crippen LogP contribution < -0.4 is 0 Å². The van der Waals surface area contributed by atoms with Gasteiger partial charge in [0.2, 0.25) is 0 Å². The molecule has 1 aromatic heterocycles. The van der Waals surface area contributed by atoms with Gasteiger partial charge < -0.3 is 5.11 Å². The number of fused-ring (bicyclic) bond motifs is 1. The normalized spacial score (nSPS) is 21.6. The van der Waals surface area contributed by atoms with Gasteiger partial charge in [0.25, 0.3) is 0 Å². The van der Waals surface area contributed by atoms with E-state index in [9.17, 15) is 4.79 Å². The van der Waals surface area contributed by atoms with Gasteiger partial charge in [0.1, 0.15) is 0 Å². The average Bonchev–Trinajstić information content (AvgIpc) is 2.41. The highest BCUT2D eigenvalue weighted by Gasteiger charge is 2.29. The van der Waals surface area contributed by atoms with E-state index in [1.807, 2.05) is 11.4 Å². The second-order valence-electron chi connectivity index (χ2n) is 2.74. The molecule has 1 unspecified atom stereocenters. The van der Waals surface area contributed by atoms with Crippen LogP contribution in [-0.2, 0) is 11.2 Å². The molecule has 0 bridgehead atoms. The predicted molar refractivity (Wildman–Crippen MR) is 43.0 cm³/mol. The lowest BCUT2D eigenvalue weighted by Gasteiger charge is -2.00. The summed E-state index contributed by atoms with van der Waals surface area (Å²) in [5.41, 5.74) is 1.24. The lowest BCUT2D eigenvalue weighted by Crippen LogP contribution is -2.06. The summed E-state index contributed by atoms with van der Waals surface area (Å²) in [5.74, 6) is -0.892. The Kier molecular flexibility index (Phi) is 1.46. The minimum Gasteiger partial charge on any atom is -0.481 e. The zero-order valence-corrected chi connectivity index (χ0v) is 6.73. The molecular formula is C8H8O2S. The summed E-state index contributed by atoms with van der Waals surface area (Å²) in [5, 5.41) is 10.8. The largest absolute Gasteiger partial charge is 0.481 e. The molecule has 58 valence electrons. The maximum Gasteiger partial charge on any atom is 0.311 e. The number of carboxylic acids is 1. The van der Waals surface area contributed by atoms with Gasteiger partial charge in [-0.25, -0.2) is 0 Å². The highest BCUT2D eigenvalue weighted by molar-refractivity contribution is 7.10. The summed E-state index contributed by atoms with van der Waals surface area (Å²) >= 11 is 1.57. The minimum absolute atomic E-state index is 0.218. The predicted octanol–water partition coefficient (Wildman–Crippen LogP) is 1.86. The van der Waals surface area contributed by atoms with Gasteiger partial charge in [-0.2, -0.15) is 0 Å². The zero-order valence-electron chi connectivity index (χ0n) is 5.91. The van der Waals surface area contributed by atoms with E-state index in [0.717, 1.165) is 17.7 Å². The molecule has 0 aliphatic heterocycles. The van der Waals surface area contributed by atoms with E-state index < -0.39 is 5.97 Å². The van der Waals surface area contributed by atoms with Gasteiger partial charge >= 0.3 is 5.97 Å². The number of hydrogen-bond acceptors (Lipinski definition) is 2. The first-order chi connectivity index (χ1) is 5.29. The lowest BCUT2D eigenvalue weighted by molar-refractivity contribution is -0.138. The fraction of sp³-hybridized carbons (Fsp3) is 0.375. The molecule has 0 spiro atoms. The molecule has 1 aromatic rings. The van der Waals surface area contributed by atoms with Crippen molar-refractivity contribution in [1.29, 1.82) is 0 Å². The van der Waals surface area contributed by atoms with Gasteiger partial charge in [0.05, 0.1) is 5.92 Å². The standard InChI is InChI=1S/C8H8O2S/c9-8(10)6-2-1-5-3-4-11-7(5)6/h3-4,6H,1-2H2,(H,9,10). The van der Waals surface area contributed by atoms with Crippen molar-refractivity contribution in [1.82, 2.24) is 0 Å². The number of carboxylic acid groups (broad SMARTS) is 1. The Morgan fingerprint density at radius 1 is 1.73 bits per heavy atom. The molecule has 1 heterocycles. The first kappa shape index (κ1) is 6.85. The summed E-state index contributed by atoms with van der Waals surface area (Å²) < 4.78 is 0. The number of aliphatic carboxylic acids is 1. The third-order valence-electron chi connectivity index (χ3n) is 2.10. The van der Waals surface area contributed by atoms with Crippen LogP contribution in [0.5, 0.6) is 0 Å². The molecule has 2 nitrogen and oxygen atoms in total. The second-order valence-corrected chi connectivity index (χ2v) is 3.69. The molecule has 1 N–H and O–H groups in total. The van der Waals surface area contributed by atoms with Crippen LogP contribution in [0.4, 0.5) is 0 Å². The van der Waals surface area contributed by atoms with Crippen LogP contribution in [0.1, 0.15) is 22.8 Å². The molecular weight excluding hydrogens is 160 g/mol. The van der Waals surface area contributed by atoms with Gasteiger partial charge in [-0.3, -0.25) is 4.79 Å². The Labute approximate surface area is 68.5 Å². The fourth-order valence-corrected chi connectivity index (χ4v) is 2.61. The molecule has 1 aliphatic carbocycles. The minimum atomic E-state index is -0.675. The second kappa shape index (κ2) is 2.34. The van der Waals surface area contributed by atoms with Crippen molar-refractivity contribution in [2.24, 2.45) is 0 Å². The highest BCUT2D eigenvalue weighted by atomic mass is 32.1. The average molecular weight is 168 g/mol. The van der Waals surface area contributed by atoms with E-state index in [4.69, 9.17) is 5.11 Å². The molecule has 2 rings (SSSR count). The van der Waals surface area contributed by atoms with Gasteiger partial charge in [0, 0.05) is 4.88 Å². The van der Waals surface area contributed by atoms with Crippen molar-refractivity contribution < 1.29 is 9.90 Å². The molecule has 0 saturated carbocycles. The molecule has 0 radical (unpaired) electrons. The SMILES string of the molecule is O=C(O)C1CCc2ccsc21. The van der Waals surface area contributed by atoms with Crippen LogP contribution in [0.2, 0.25) is 0 Å². The van der Waals surface area contributed by atoms with Gasteiger partial charge in [-0.05, 0) is 29.9 Å². The Morgan fingerprint density at radius 3 is 3.27 bits per heavy atom. The van der Waals surface area contributed by atoms with Crippen molar-refractivity contribution >= 4 is 17.3 Å². The molecule has 1 atom stereocenters. The summed E-state index contributed by atoms with van der Waals surface area (Å²) in [6.45, 7) is 0. The van der Waals surface area contributed by atoms with E-state index in [2.05, 4.69) is 0 Å². The summed E-state index contributed by atoms with van der Waals surface area (Å²) in [7, 11) is 0. The Morgan fingerprint density at radius 2 is 2.55 bits per heavy atom. The number of thiophene rings is 1. The fourth-order valence-electron chi connectivity index (χ4n) is 1.53. The van der Waals surface area contributed by atoms with Crippen molar-refractivity contribution in [3.8, 4) is 0 Å². The number of carbonyl (C=O) groups is 1. The van der Waals surface area contributed by atoms with E-state index in [0.29, 0.717) is 0 Å². The molecule has 0 amide bonds. The molecule has 0 saturated heterocycles. The smallest absolute Gasteiger partial charge is 0.311 e. The molecule has 0 aromatic carbocycles. The first-order valence-electron chi connectivity index (χ1n) is 3.58. The van der Waals surface area contributed by atoms with Crippen molar-refractivity contribution in [3.05, 3.63) is 21.9 Å². The van der Waals surface area contributed by atoms with E-state index >= 15 is 0 Å². The van der Waals surface area contributed by atoms with Gasteiger partial charge in [-0.15, -0.1) is 11.3 Å². The van der Waals surface area contributed by atoms with Crippen LogP contribution in [0.25, 0.3) is 0 Å². The van der Waals surface area contributed by atoms with Crippen molar-refractivity contribution in [2.75, 3.05) is 0 Å². The summed E-state index contributed by atoms with van der Waals surface area (Å²) in [6.07, 6.45) is 1.73. The number of rotatable bonds is 1. The third kappa shape index (κ3) is 0.959. The van der Waals surface area contributed by atoms with E-state index in [-0.39, 0.29) is 5.92 Å². The van der Waals surface area contributed by atoms with Crippen LogP contribution in [0, 0.1) is 0 Å². The van der Waals surface area contributed by atoms with Crippen LogP contribution in [0.15, 0.2) is 11.4 Å². The first-order valence-corrected chi connectivity index (χ1v) is 4.46. The maximum atomic E-state index is 10.7. The molecule has 1 aliphatic rings.